The van der Waals surface area contributed by atoms with Crippen molar-refractivity contribution in [1.29, 1.82) is 0 Å². The molecule has 8 heteroatoms. The Balaban J connectivity index is 1.75. The summed E-state index contributed by atoms with van der Waals surface area (Å²) in [5, 5.41) is 14.8. The van der Waals surface area contributed by atoms with E-state index in [0.717, 1.165) is 30.3 Å². The summed E-state index contributed by atoms with van der Waals surface area (Å²) >= 11 is 0. The minimum absolute atomic E-state index is 0.0326. The quantitative estimate of drug-likeness (QED) is 0.475. The monoisotopic (exact) mass is 338 g/mol. The Morgan fingerprint density at radius 2 is 2.13 bits per heavy atom. The largest absolute Gasteiger partial charge is 0.508 e. The number of phenolic OH excluding ortho intramolecular Hbond substituents is 1. The lowest BCUT2D eigenvalue weighted by atomic mass is 9.74. The number of rotatable bonds is 4. The summed E-state index contributed by atoms with van der Waals surface area (Å²) in [5.41, 5.74) is 1.29. The third-order valence-electron chi connectivity index (χ3n) is 4.43. The van der Waals surface area contributed by atoms with Gasteiger partial charge in [-0.3, -0.25) is 4.55 Å². The van der Waals surface area contributed by atoms with E-state index in [2.05, 4.69) is 10.6 Å². The van der Waals surface area contributed by atoms with Gasteiger partial charge in [0.05, 0.1) is 0 Å². The standard InChI is InChI=1S/C15H18N2O5S/c18-8-14-9(1-2-10-6-12(19)3-4-13(10)14)5-11-7-16-15(17-11)23(20,21)22/h3-4,6-9,14-17,19H,1-2,5H2,(H,20,21,22). The molecule has 1 aromatic carbocycles. The zero-order valence-corrected chi connectivity index (χ0v) is 13.1. The van der Waals surface area contributed by atoms with Gasteiger partial charge in [-0.25, -0.2) is 0 Å². The summed E-state index contributed by atoms with van der Waals surface area (Å²) < 4.78 is 31.2. The van der Waals surface area contributed by atoms with Crippen molar-refractivity contribution in [3.05, 3.63) is 41.2 Å². The number of hydrogen-bond donors (Lipinski definition) is 4. The first-order valence-corrected chi connectivity index (χ1v) is 8.84. The molecule has 1 heterocycles. The Morgan fingerprint density at radius 3 is 2.78 bits per heavy atom. The zero-order valence-electron chi connectivity index (χ0n) is 12.3. The predicted octanol–water partition coefficient (Wildman–Crippen LogP) is 0.833. The van der Waals surface area contributed by atoms with Crippen LogP contribution in [0.15, 0.2) is 30.1 Å². The zero-order chi connectivity index (χ0) is 16.6. The first-order chi connectivity index (χ1) is 10.9. The number of carbonyl (C=O) groups is 1. The smallest absolute Gasteiger partial charge is 0.305 e. The van der Waals surface area contributed by atoms with Gasteiger partial charge in [0.1, 0.15) is 12.0 Å². The Bertz CT molecular complexity index is 759. The van der Waals surface area contributed by atoms with Crippen LogP contribution >= 0.6 is 0 Å². The fourth-order valence-electron chi connectivity index (χ4n) is 3.31. The molecular weight excluding hydrogens is 320 g/mol. The Hall–Kier alpha value is -2.06. The van der Waals surface area contributed by atoms with E-state index < -0.39 is 15.6 Å². The molecule has 7 nitrogen and oxygen atoms in total. The van der Waals surface area contributed by atoms with Crippen LogP contribution in [0, 0.1) is 5.92 Å². The minimum Gasteiger partial charge on any atom is -0.508 e. The molecule has 0 radical (unpaired) electrons. The Morgan fingerprint density at radius 1 is 1.35 bits per heavy atom. The minimum atomic E-state index is -4.22. The summed E-state index contributed by atoms with van der Waals surface area (Å²) in [4.78, 5) is 11.6. The van der Waals surface area contributed by atoms with E-state index in [4.69, 9.17) is 4.55 Å². The van der Waals surface area contributed by atoms with Crippen molar-refractivity contribution in [2.45, 2.75) is 30.7 Å². The SMILES string of the molecule is O=CC1c2ccc(O)cc2CCC1CC1=CNC(S(=O)(=O)O)N1. The van der Waals surface area contributed by atoms with Gasteiger partial charge in [0.25, 0.3) is 0 Å². The van der Waals surface area contributed by atoms with Crippen LogP contribution < -0.4 is 10.6 Å². The van der Waals surface area contributed by atoms with E-state index in [-0.39, 0.29) is 17.6 Å². The van der Waals surface area contributed by atoms with E-state index in [1.165, 1.54) is 6.20 Å². The highest BCUT2D eigenvalue weighted by atomic mass is 32.2. The van der Waals surface area contributed by atoms with Gasteiger partial charge in [-0.1, -0.05) is 6.07 Å². The van der Waals surface area contributed by atoms with Gasteiger partial charge in [0.2, 0.25) is 5.50 Å². The van der Waals surface area contributed by atoms with Crippen LogP contribution in [0.2, 0.25) is 0 Å². The summed E-state index contributed by atoms with van der Waals surface area (Å²) in [5.74, 6) is -0.0794. The lowest BCUT2D eigenvalue weighted by molar-refractivity contribution is -0.110. The highest BCUT2D eigenvalue weighted by molar-refractivity contribution is 7.86. The second-order valence-electron chi connectivity index (χ2n) is 5.92. The van der Waals surface area contributed by atoms with Gasteiger partial charge in [0.15, 0.2) is 0 Å². The molecule has 0 amide bonds. The molecule has 0 aromatic heterocycles. The number of fused-ring (bicyclic) bond motifs is 1. The molecule has 2 aliphatic rings. The molecule has 4 N–H and O–H groups in total. The van der Waals surface area contributed by atoms with E-state index in [1.54, 1.807) is 18.2 Å². The van der Waals surface area contributed by atoms with Crippen LogP contribution in [0.3, 0.4) is 0 Å². The van der Waals surface area contributed by atoms with E-state index in [9.17, 15) is 18.3 Å². The second-order valence-corrected chi connectivity index (χ2v) is 7.42. The molecular formula is C15H18N2O5S. The van der Waals surface area contributed by atoms with E-state index in [1.807, 2.05) is 0 Å². The third-order valence-corrected chi connectivity index (χ3v) is 5.28. The average molecular weight is 338 g/mol. The third kappa shape index (κ3) is 3.18. The van der Waals surface area contributed by atoms with Crippen LogP contribution in [0.1, 0.15) is 29.9 Å². The molecule has 124 valence electrons. The fourth-order valence-corrected chi connectivity index (χ4v) is 3.85. The van der Waals surface area contributed by atoms with Gasteiger partial charge >= 0.3 is 10.1 Å². The van der Waals surface area contributed by atoms with Crippen molar-refractivity contribution >= 4 is 16.4 Å². The summed E-state index contributed by atoms with van der Waals surface area (Å²) in [6.45, 7) is 0. The number of benzene rings is 1. The van der Waals surface area contributed by atoms with Gasteiger partial charge in [0, 0.05) is 17.8 Å². The van der Waals surface area contributed by atoms with Gasteiger partial charge in [-0.2, -0.15) is 8.42 Å². The number of carbonyl (C=O) groups excluding carboxylic acids is 1. The first kappa shape index (κ1) is 15.8. The number of aldehydes is 1. The Kier molecular flexibility index (Phi) is 4.03. The van der Waals surface area contributed by atoms with Gasteiger partial charge in [-0.15, -0.1) is 0 Å². The number of allylic oxidation sites excluding steroid dienone is 1. The molecule has 0 bridgehead atoms. The van der Waals surface area contributed by atoms with Crippen molar-refractivity contribution < 1.29 is 22.9 Å². The van der Waals surface area contributed by atoms with Crippen LogP contribution in [0.25, 0.3) is 0 Å². The maximum Gasteiger partial charge on any atom is 0.305 e. The highest BCUT2D eigenvalue weighted by Gasteiger charge is 2.33. The lowest BCUT2D eigenvalue weighted by Gasteiger charge is -2.30. The molecule has 0 spiro atoms. The molecule has 1 aromatic rings. The van der Waals surface area contributed by atoms with Crippen molar-refractivity contribution in [3.8, 4) is 5.75 Å². The molecule has 3 atom stereocenters. The van der Waals surface area contributed by atoms with E-state index in [0.29, 0.717) is 12.1 Å². The van der Waals surface area contributed by atoms with Crippen molar-refractivity contribution in [2.24, 2.45) is 5.92 Å². The predicted molar refractivity (Wildman–Crippen MR) is 83.0 cm³/mol. The number of aromatic hydroxyl groups is 1. The molecule has 1 aliphatic carbocycles. The summed E-state index contributed by atoms with van der Waals surface area (Å²) in [6, 6.07) is 5.03. The molecule has 3 rings (SSSR count). The first-order valence-electron chi connectivity index (χ1n) is 7.33. The lowest BCUT2D eigenvalue weighted by Crippen LogP contribution is -2.40. The average Bonchev–Trinajstić information content (AvgIpc) is 2.96. The molecule has 3 unspecified atom stereocenters. The Labute approximate surface area is 134 Å². The van der Waals surface area contributed by atoms with Gasteiger partial charge in [-0.05, 0) is 48.4 Å². The van der Waals surface area contributed by atoms with Crippen LogP contribution in [0.5, 0.6) is 5.75 Å². The molecule has 0 saturated carbocycles. The molecule has 1 aliphatic heterocycles. The molecule has 0 saturated heterocycles. The molecule has 23 heavy (non-hydrogen) atoms. The summed E-state index contributed by atoms with van der Waals surface area (Å²) in [7, 11) is -4.22. The maximum atomic E-state index is 11.6. The number of hydrogen-bond acceptors (Lipinski definition) is 6. The number of aryl methyl sites for hydroxylation is 1. The maximum absolute atomic E-state index is 11.6. The van der Waals surface area contributed by atoms with Crippen LogP contribution in [0.4, 0.5) is 0 Å². The van der Waals surface area contributed by atoms with Crippen molar-refractivity contribution in [2.75, 3.05) is 0 Å². The van der Waals surface area contributed by atoms with Crippen LogP contribution in [-0.2, 0) is 21.3 Å². The second kappa shape index (κ2) is 5.86. The highest BCUT2D eigenvalue weighted by Crippen LogP contribution is 2.39. The number of phenols is 1. The van der Waals surface area contributed by atoms with E-state index >= 15 is 0 Å². The summed E-state index contributed by atoms with van der Waals surface area (Å²) in [6.07, 6.45) is 4.44. The number of nitrogens with one attached hydrogen (secondary N) is 2. The fraction of sp³-hybridized carbons (Fsp3) is 0.400. The molecule has 0 fully saturated rings. The normalized spacial score (nSPS) is 26.7. The van der Waals surface area contributed by atoms with Crippen molar-refractivity contribution in [1.82, 2.24) is 10.6 Å². The topological polar surface area (TPSA) is 116 Å². The van der Waals surface area contributed by atoms with Crippen molar-refractivity contribution in [3.63, 3.8) is 0 Å². The van der Waals surface area contributed by atoms with Crippen LogP contribution in [-0.4, -0.2) is 29.9 Å². The van der Waals surface area contributed by atoms with Gasteiger partial charge < -0.3 is 20.5 Å².